The molecular weight excluding hydrogens is 338 g/mol. The molecule has 0 aliphatic heterocycles. The summed E-state index contributed by atoms with van der Waals surface area (Å²) in [5.74, 6) is 2.95. The van der Waals surface area contributed by atoms with E-state index in [9.17, 15) is 4.79 Å². The first-order valence-electron chi connectivity index (χ1n) is 8.57. The lowest BCUT2D eigenvalue weighted by Crippen LogP contribution is -2.47. The van der Waals surface area contributed by atoms with Gasteiger partial charge in [-0.25, -0.2) is 0 Å². The number of hydrogen-bond acceptors (Lipinski definition) is 1. The highest BCUT2D eigenvalue weighted by Crippen LogP contribution is 2.61. The summed E-state index contributed by atoms with van der Waals surface area (Å²) in [6.07, 6.45) is 8.93. The summed E-state index contributed by atoms with van der Waals surface area (Å²) in [5.41, 5.74) is 2.40. The predicted octanol–water partition coefficient (Wildman–Crippen LogP) is 5.30. The van der Waals surface area contributed by atoms with Crippen molar-refractivity contribution in [2.45, 2.75) is 51.9 Å². The average molecular weight is 362 g/mol. The lowest BCUT2D eigenvalue weighted by Gasteiger charge is -2.56. The van der Waals surface area contributed by atoms with Gasteiger partial charge in [-0.1, -0.05) is 15.9 Å². The van der Waals surface area contributed by atoms with E-state index in [2.05, 4.69) is 27.3 Å². The van der Waals surface area contributed by atoms with E-state index in [0.717, 1.165) is 39.9 Å². The zero-order chi connectivity index (χ0) is 15.3. The van der Waals surface area contributed by atoms with Crippen molar-refractivity contribution >= 4 is 27.5 Å². The highest BCUT2D eigenvalue weighted by atomic mass is 79.9. The fraction of sp³-hybridized carbons (Fsp3) is 0.632. The normalized spacial score (nSPS) is 35.6. The molecule has 0 unspecified atom stereocenters. The second-order valence-electron chi connectivity index (χ2n) is 8.10. The van der Waals surface area contributed by atoms with Crippen LogP contribution in [0.25, 0.3) is 0 Å². The van der Waals surface area contributed by atoms with Gasteiger partial charge in [-0.05, 0) is 92.4 Å². The summed E-state index contributed by atoms with van der Waals surface area (Å²) < 4.78 is 1.06. The highest BCUT2D eigenvalue weighted by molar-refractivity contribution is 9.10. The number of carbonyl (C=O) groups is 1. The van der Waals surface area contributed by atoms with E-state index in [-0.39, 0.29) is 5.91 Å². The van der Waals surface area contributed by atoms with Crippen molar-refractivity contribution < 1.29 is 4.79 Å². The van der Waals surface area contributed by atoms with Gasteiger partial charge in [0.2, 0.25) is 5.91 Å². The van der Waals surface area contributed by atoms with Crippen LogP contribution in [-0.2, 0) is 4.79 Å². The number of hydrogen-bond donors (Lipinski definition) is 1. The van der Waals surface area contributed by atoms with E-state index in [0.29, 0.717) is 5.41 Å². The first-order valence-corrected chi connectivity index (χ1v) is 9.37. The smallest absolute Gasteiger partial charge is 0.224 e. The molecule has 4 aliphatic carbocycles. The van der Waals surface area contributed by atoms with Crippen LogP contribution in [0.1, 0.15) is 50.5 Å². The van der Waals surface area contributed by atoms with Gasteiger partial charge >= 0.3 is 0 Å². The quantitative estimate of drug-likeness (QED) is 0.776. The van der Waals surface area contributed by atoms with Gasteiger partial charge in [0, 0.05) is 16.6 Å². The van der Waals surface area contributed by atoms with Gasteiger partial charge in [0.1, 0.15) is 0 Å². The topological polar surface area (TPSA) is 29.1 Å². The van der Waals surface area contributed by atoms with E-state index >= 15 is 0 Å². The van der Waals surface area contributed by atoms with E-state index in [1.807, 2.05) is 19.1 Å². The Hall–Kier alpha value is -0.830. The first kappa shape index (κ1) is 14.7. The Labute approximate surface area is 141 Å². The second-order valence-corrected chi connectivity index (χ2v) is 9.02. The molecule has 0 spiro atoms. The third-order valence-corrected chi connectivity index (χ3v) is 6.66. The third kappa shape index (κ3) is 2.73. The maximum absolute atomic E-state index is 12.6. The molecular formula is C19H24BrNO. The molecule has 118 valence electrons. The molecule has 1 aromatic rings. The summed E-state index contributed by atoms with van der Waals surface area (Å²) in [5, 5.41) is 3.15. The van der Waals surface area contributed by atoms with Crippen molar-refractivity contribution in [1.29, 1.82) is 0 Å². The highest BCUT2D eigenvalue weighted by Gasteiger charge is 2.51. The number of aryl methyl sites for hydroxylation is 1. The monoisotopic (exact) mass is 361 g/mol. The molecule has 1 N–H and O–H groups in total. The minimum Gasteiger partial charge on any atom is -0.326 e. The van der Waals surface area contributed by atoms with Crippen LogP contribution < -0.4 is 5.32 Å². The number of carbonyl (C=O) groups excluding carboxylic acids is 1. The summed E-state index contributed by atoms with van der Waals surface area (Å²) >= 11 is 3.47. The Morgan fingerprint density at radius 1 is 1.18 bits per heavy atom. The van der Waals surface area contributed by atoms with E-state index in [4.69, 9.17) is 0 Å². The fourth-order valence-corrected chi connectivity index (χ4v) is 6.28. The van der Waals surface area contributed by atoms with Gasteiger partial charge in [-0.15, -0.1) is 0 Å². The minimum absolute atomic E-state index is 0.215. The summed E-state index contributed by atoms with van der Waals surface area (Å²) in [6, 6.07) is 6.05. The SMILES string of the molecule is Cc1cc(Br)ccc1NC(=O)CC12CC3CC(CC(C3)C1)C2. The first-order chi connectivity index (χ1) is 10.5. The van der Waals surface area contributed by atoms with Crippen molar-refractivity contribution in [1.82, 2.24) is 0 Å². The molecule has 0 atom stereocenters. The fourth-order valence-electron chi connectivity index (χ4n) is 5.81. The summed E-state index contributed by atoms with van der Waals surface area (Å²) in [6.45, 7) is 2.05. The lowest BCUT2D eigenvalue weighted by atomic mass is 9.49. The number of anilines is 1. The summed E-state index contributed by atoms with van der Waals surface area (Å²) in [7, 11) is 0. The number of benzene rings is 1. The molecule has 0 saturated heterocycles. The van der Waals surface area contributed by atoms with Crippen LogP contribution >= 0.6 is 15.9 Å². The van der Waals surface area contributed by atoms with Crippen LogP contribution in [0.5, 0.6) is 0 Å². The van der Waals surface area contributed by atoms with Crippen LogP contribution in [0, 0.1) is 30.1 Å². The molecule has 0 radical (unpaired) electrons. The maximum atomic E-state index is 12.6. The Morgan fingerprint density at radius 3 is 2.32 bits per heavy atom. The molecule has 1 amide bonds. The molecule has 4 bridgehead atoms. The van der Waals surface area contributed by atoms with Crippen LogP contribution in [0.3, 0.4) is 0 Å². The molecule has 4 saturated carbocycles. The van der Waals surface area contributed by atoms with Gasteiger partial charge in [0.05, 0.1) is 0 Å². The lowest BCUT2D eigenvalue weighted by molar-refractivity contribution is -0.124. The van der Waals surface area contributed by atoms with Gasteiger partial charge in [-0.3, -0.25) is 4.79 Å². The molecule has 0 heterocycles. The van der Waals surface area contributed by atoms with Crippen LogP contribution in [0.2, 0.25) is 0 Å². The molecule has 5 rings (SSSR count). The van der Waals surface area contributed by atoms with E-state index in [1.165, 1.54) is 38.5 Å². The van der Waals surface area contributed by atoms with Crippen molar-refractivity contribution in [2.75, 3.05) is 5.32 Å². The van der Waals surface area contributed by atoms with E-state index in [1.54, 1.807) is 0 Å². The number of rotatable bonds is 3. The third-order valence-electron chi connectivity index (χ3n) is 6.16. The van der Waals surface area contributed by atoms with Gasteiger partial charge in [0.15, 0.2) is 0 Å². The molecule has 2 nitrogen and oxygen atoms in total. The second kappa shape index (κ2) is 5.36. The molecule has 4 fully saturated rings. The minimum atomic E-state index is 0.215. The van der Waals surface area contributed by atoms with Crippen molar-refractivity contribution in [2.24, 2.45) is 23.2 Å². The largest absolute Gasteiger partial charge is 0.326 e. The molecule has 22 heavy (non-hydrogen) atoms. The van der Waals surface area contributed by atoms with Crippen LogP contribution in [0.4, 0.5) is 5.69 Å². The molecule has 0 aromatic heterocycles. The van der Waals surface area contributed by atoms with Crippen molar-refractivity contribution in [3.05, 3.63) is 28.2 Å². The standard InChI is InChI=1S/C19H24BrNO/c1-12-4-16(20)2-3-17(12)21-18(22)11-19-8-13-5-14(9-19)7-15(6-13)10-19/h2-4,13-15H,5-11H2,1H3,(H,21,22). The molecule has 4 aliphatic rings. The van der Waals surface area contributed by atoms with Gasteiger partial charge in [-0.2, -0.15) is 0 Å². The predicted molar refractivity (Wildman–Crippen MR) is 92.7 cm³/mol. The zero-order valence-corrected chi connectivity index (χ0v) is 14.8. The van der Waals surface area contributed by atoms with Gasteiger partial charge in [0.25, 0.3) is 0 Å². The maximum Gasteiger partial charge on any atom is 0.224 e. The summed E-state index contributed by atoms with van der Waals surface area (Å²) in [4.78, 5) is 12.6. The number of amides is 1. The molecule has 3 heteroatoms. The van der Waals surface area contributed by atoms with Crippen molar-refractivity contribution in [3.8, 4) is 0 Å². The van der Waals surface area contributed by atoms with E-state index < -0.39 is 0 Å². The number of nitrogens with one attached hydrogen (secondary N) is 1. The van der Waals surface area contributed by atoms with Crippen LogP contribution in [-0.4, -0.2) is 5.91 Å². The van der Waals surface area contributed by atoms with Gasteiger partial charge < -0.3 is 5.32 Å². The average Bonchev–Trinajstić information content (AvgIpc) is 2.39. The Morgan fingerprint density at radius 2 is 1.77 bits per heavy atom. The number of halogens is 1. The Balaban J connectivity index is 1.46. The van der Waals surface area contributed by atoms with Crippen molar-refractivity contribution in [3.63, 3.8) is 0 Å². The Kier molecular flexibility index (Phi) is 3.60. The zero-order valence-electron chi connectivity index (χ0n) is 13.2. The molecule has 1 aromatic carbocycles. The Bertz CT molecular complexity index is 574. The van der Waals surface area contributed by atoms with Crippen LogP contribution in [0.15, 0.2) is 22.7 Å².